The normalized spacial score (nSPS) is 18.4. The van der Waals surface area contributed by atoms with Crippen LogP contribution in [-0.4, -0.2) is 107 Å². The summed E-state index contributed by atoms with van der Waals surface area (Å²) < 4.78 is 5.75. The molecule has 5 amide bonds. The number of methoxy groups -OCH3 is 1. The molecular weight excluding hydrogens is 753 g/mol. The van der Waals surface area contributed by atoms with E-state index in [0.29, 0.717) is 32.1 Å². The summed E-state index contributed by atoms with van der Waals surface area (Å²) in [7, 11) is 5.23. The standard InChI is InChI=1S/C45H66N6O6S/c1-27(2)21-35(48-44(55)36(22-28(3)4)49-45(56)42(29(5)6)50(7)8)43(54)47-34(20-19-30-15-11-10-12-16-30)39(58)25-41(53)51-37(38(57-9)24-40(51)52)23-31-26-46-33-18-14-13-17-32(31)33/h10-18,26-29,34-39,42,46,58H,19-25H2,1-9H3,(H,47,54)(H,48,55)(H,49,56)/t34-,35-,36-,37-,38?,39+,42-/m0/s1. The third-order valence-electron chi connectivity index (χ3n) is 11.0. The first-order chi connectivity index (χ1) is 27.5. The van der Waals surface area contributed by atoms with Crippen molar-refractivity contribution in [2.45, 2.75) is 128 Å². The monoisotopic (exact) mass is 818 g/mol. The van der Waals surface area contributed by atoms with Gasteiger partial charge in [-0.3, -0.25) is 33.8 Å². The van der Waals surface area contributed by atoms with Gasteiger partial charge in [-0.2, -0.15) is 12.6 Å². The number of benzene rings is 2. The molecule has 0 bridgehead atoms. The lowest BCUT2D eigenvalue weighted by Gasteiger charge is -2.32. The van der Waals surface area contributed by atoms with Crippen LogP contribution in [0.5, 0.6) is 0 Å². The van der Waals surface area contributed by atoms with Crippen molar-refractivity contribution in [1.29, 1.82) is 0 Å². The third-order valence-corrected chi connectivity index (χ3v) is 11.5. The Morgan fingerprint density at radius 2 is 1.45 bits per heavy atom. The van der Waals surface area contributed by atoms with Gasteiger partial charge in [-0.05, 0) is 81.1 Å². The molecule has 4 rings (SSSR count). The summed E-state index contributed by atoms with van der Waals surface area (Å²) in [6.07, 6.45) is 3.65. The molecule has 12 nitrogen and oxygen atoms in total. The Kier molecular flexibility index (Phi) is 17.4. The number of rotatable bonds is 21. The van der Waals surface area contributed by atoms with Crippen molar-refractivity contribution in [3.05, 3.63) is 71.9 Å². The van der Waals surface area contributed by atoms with Crippen molar-refractivity contribution in [2.75, 3.05) is 21.2 Å². The van der Waals surface area contributed by atoms with Gasteiger partial charge >= 0.3 is 0 Å². The minimum Gasteiger partial charge on any atom is -0.379 e. The number of thiol groups is 1. The molecule has 7 atom stereocenters. The topological polar surface area (TPSA) is 153 Å². The van der Waals surface area contributed by atoms with Gasteiger partial charge in [-0.1, -0.05) is 90.1 Å². The number of imide groups is 1. The Morgan fingerprint density at radius 1 is 0.862 bits per heavy atom. The minimum atomic E-state index is -0.910. The van der Waals surface area contributed by atoms with E-state index >= 15 is 0 Å². The lowest BCUT2D eigenvalue weighted by molar-refractivity contribution is -0.144. The van der Waals surface area contributed by atoms with Crippen LogP contribution < -0.4 is 16.0 Å². The van der Waals surface area contributed by atoms with E-state index in [9.17, 15) is 24.0 Å². The number of nitrogens with zero attached hydrogens (tertiary/aromatic N) is 2. The van der Waals surface area contributed by atoms with Crippen LogP contribution in [0.1, 0.15) is 84.8 Å². The average molecular weight is 819 g/mol. The number of carbonyl (C=O) groups is 5. The molecule has 0 saturated carbocycles. The molecule has 0 spiro atoms. The van der Waals surface area contributed by atoms with Gasteiger partial charge in [0, 0.05) is 41.9 Å². The van der Waals surface area contributed by atoms with Crippen LogP contribution in [-0.2, 0) is 41.6 Å². The molecule has 1 aromatic heterocycles. The summed E-state index contributed by atoms with van der Waals surface area (Å²) in [6.45, 7) is 11.8. The molecule has 1 unspecified atom stereocenters. The second kappa shape index (κ2) is 21.7. The maximum Gasteiger partial charge on any atom is 0.243 e. The maximum absolute atomic E-state index is 14.3. The maximum atomic E-state index is 14.3. The Bertz CT molecular complexity index is 1820. The van der Waals surface area contributed by atoms with Gasteiger partial charge in [0.15, 0.2) is 0 Å². The Labute approximate surface area is 350 Å². The number of nitrogens with one attached hydrogen (secondary N) is 4. The van der Waals surface area contributed by atoms with E-state index in [1.54, 1.807) is 7.11 Å². The molecule has 2 heterocycles. The van der Waals surface area contributed by atoms with Gasteiger partial charge in [0.2, 0.25) is 29.5 Å². The van der Waals surface area contributed by atoms with Gasteiger partial charge in [0.05, 0.1) is 24.6 Å². The Hall–Kier alpha value is -4.20. The zero-order chi connectivity index (χ0) is 42.7. The van der Waals surface area contributed by atoms with Crippen molar-refractivity contribution in [2.24, 2.45) is 17.8 Å². The van der Waals surface area contributed by atoms with E-state index < -0.39 is 53.4 Å². The summed E-state index contributed by atoms with van der Waals surface area (Å²) in [5.74, 6) is -1.60. The summed E-state index contributed by atoms with van der Waals surface area (Å²) in [4.78, 5) is 75.8. The fourth-order valence-corrected chi connectivity index (χ4v) is 8.55. The fourth-order valence-electron chi connectivity index (χ4n) is 8.17. The SMILES string of the molecule is COC1CC(=O)N(C(=O)C[C@@H](S)[C@H](CCc2ccccc2)NC(=O)[C@H](CC(C)C)NC(=O)[C@H](CC(C)C)NC(=O)[C@H](C(C)C)N(C)C)[C@H]1Cc1c[nH]c2ccccc12. The number of ether oxygens (including phenoxy) is 1. The van der Waals surface area contributed by atoms with Crippen LogP contribution in [0, 0.1) is 17.8 Å². The number of fused-ring (bicyclic) bond motifs is 1. The highest BCUT2D eigenvalue weighted by molar-refractivity contribution is 7.81. The highest BCUT2D eigenvalue weighted by Crippen LogP contribution is 2.30. The number of aryl methyl sites for hydroxylation is 1. The zero-order valence-corrected chi connectivity index (χ0v) is 36.7. The van der Waals surface area contributed by atoms with Crippen LogP contribution in [0.25, 0.3) is 10.9 Å². The summed E-state index contributed by atoms with van der Waals surface area (Å²) in [6, 6.07) is 14.5. The first kappa shape index (κ1) is 46.5. The van der Waals surface area contributed by atoms with Crippen LogP contribution in [0.4, 0.5) is 0 Å². The molecule has 2 aromatic carbocycles. The molecule has 1 fully saturated rings. The van der Waals surface area contributed by atoms with E-state index in [4.69, 9.17) is 17.4 Å². The molecular formula is C45H66N6O6S. The number of hydrogen-bond acceptors (Lipinski definition) is 8. The van der Waals surface area contributed by atoms with E-state index in [1.165, 1.54) is 4.90 Å². The second-order valence-electron chi connectivity index (χ2n) is 17.2. The average Bonchev–Trinajstić information content (AvgIpc) is 3.71. The van der Waals surface area contributed by atoms with E-state index in [-0.39, 0.29) is 48.3 Å². The third kappa shape index (κ3) is 12.6. The zero-order valence-electron chi connectivity index (χ0n) is 35.8. The molecule has 4 N–H and O–H groups in total. The lowest BCUT2D eigenvalue weighted by atomic mass is 9.97. The first-order valence-electron chi connectivity index (χ1n) is 20.7. The summed E-state index contributed by atoms with van der Waals surface area (Å²) in [5.41, 5.74) is 3.01. The molecule has 318 valence electrons. The smallest absolute Gasteiger partial charge is 0.243 e. The van der Waals surface area contributed by atoms with Gasteiger partial charge in [-0.25, -0.2) is 0 Å². The van der Waals surface area contributed by atoms with Gasteiger partial charge < -0.3 is 25.7 Å². The van der Waals surface area contributed by atoms with Gasteiger partial charge in [0.1, 0.15) is 12.1 Å². The van der Waals surface area contributed by atoms with Gasteiger partial charge in [0.25, 0.3) is 0 Å². The van der Waals surface area contributed by atoms with Crippen molar-refractivity contribution >= 4 is 53.1 Å². The Balaban J connectivity index is 1.55. The number of likely N-dealkylation sites (tertiary alicyclic amines) is 1. The minimum absolute atomic E-state index is 0.0153. The van der Waals surface area contributed by atoms with Crippen molar-refractivity contribution in [3.8, 4) is 0 Å². The molecule has 1 aliphatic rings. The highest BCUT2D eigenvalue weighted by atomic mass is 32.1. The number of likely N-dealkylation sites (N-methyl/N-ethyl adjacent to an activating group) is 1. The van der Waals surface area contributed by atoms with Crippen LogP contribution in [0.3, 0.4) is 0 Å². The van der Waals surface area contributed by atoms with Crippen molar-refractivity contribution in [3.63, 3.8) is 0 Å². The van der Waals surface area contributed by atoms with E-state index in [2.05, 4.69) is 20.9 Å². The van der Waals surface area contributed by atoms with Crippen molar-refractivity contribution in [1.82, 2.24) is 30.7 Å². The molecule has 0 aliphatic carbocycles. The quantitative estimate of drug-likeness (QED) is 0.0915. The van der Waals surface area contributed by atoms with Crippen LogP contribution in [0.15, 0.2) is 60.8 Å². The first-order valence-corrected chi connectivity index (χ1v) is 21.2. The number of H-pyrrole nitrogens is 1. The fraction of sp³-hybridized carbons (Fsp3) is 0.578. The molecule has 1 saturated heterocycles. The number of para-hydroxylation sites is 1. The molecule has 1 aliphatic heterocycles. The Morgan fingerprint density at radius 3 is 2.03 bits per heavy atom. The number of carbonyl (C=O) groups excluding carboxylic acids is 5. The number of aromatic nitrogens is 1. The molecule has 3 aromatic rings. The largest absolute Gasteiger partial charge is 0.379 e. The highest BCUT2D eigenvalue weighted by Gasteiger charge is 2.44. The lowest BCUT2D eigenvalue weighted by Crippen LogP contribution is -2.58. The molecule has 58 heavy (non-hydrogen) atoms. The predicted molar refractivity (Wildman–Crippen MR) is 232 cm³/mol. The van der Waals surface area contributed by atoms with E-state index in [0.717, 1.165) is 22.0 Å². The predicted octanol–water partition coefficient (Wildman–Crippen LogP) is 5.31. The van der Waals surface area contributed by atoms with Crippen LogP contribution >= 0.6 is 12.6 Å². The van der Waals surface area contributed by atoms with E-state index in [1.807, 2.05) is 121 Å². The summed E-state index contributed by atoms with van der Waals surface area (Å²) >= 11 is 4.94. The second-order valence-corrected chi connectivity index (χ2v) is 17.9. The summed E-state index contributed by atoms with van der Waals surface area (Å²) in [5, 5.41) is 9.46. The number of hydrogen-bond donors (Lipinski definition) is 5. The van der Waals surface area contributed by atoms with Crippen LogP contribution in [0.2, 0.25) is 0 Å². The number of amides is 5. The van der Waals surface area contributed by atoms with Gasteiger partial charge in [-0.15, -0.1) is 0 Å². The number of aromatic amines is 1. The molecule has 13 heteroatoms. The van der Waals surface area contributed by atoms with Crippen molar-refractivity contribution < 1.29 is 28.7 Å². The molecule has 0 radical (unpaired) electrons.